The summed E-state index contributed by atoms with van der Waals surface area (Å²) in [5, 5.41) is 4.06. The number of hydrogen-bond donors (Lipinski definition) is 3. The summed E-state index contributed by atoms with van der Waals surface area (Å²) in [6.07, 6.45) is 7.15. The Bertz CT molecular complexity index is 1110. The van der Waals surface area contributed by atoms with Gasteiger partial charge in [0.15, 0.2) is 0 Å². The minimum atomic E-state index is -0.729. The second kappa shape index (κ2) is 11.3. The molecule has 2 aromatic heterocycles. The van der Waals surface area contributed by atoms with E-state index < -0.39 is 5.66 Å². The number of nitrogens with two attached hydrogens (primary N) is 2. The van der Waals surface area contributed by atoms with Crippen LogP contribution in [0.3, 0.4) is 0 Å². The Morgan fingerprint density at radius 2 is 1.80 bits per heavy atom. The van der Waals surface area contributed by atoms with Crippen LogP contribution in [0.2, 0.25) is 10.0 Å². The van der Waals surface area contributed by atoms with Crippen molar-refractivity contribution in [2.24, 2.45) is 11.7 Å². The summed E-state index contributed by atoms with van der Waals surface area (Å²) in [4.78, 5) is 13.3. The van der Waals surface area contributed by atoms with Gasteiger partial charge in [-0.1, -0.05) is 54.7 Å². The molecular weight excluding hydrogens is 483 g/mol. The van der Waals surface area contributed by atoms with Crippen molar-refractivity contribution >= 4 is 39.8 Å². The monoisotopic (exact) mass is 516 g/mol. The summed E-state index contributed by atoms with van der Waals surface area (Å²) in [5.41, 5.74) is 5.27. The fourth-order valence-electron chi connectivity index (χ4n) is 5.00. The molecule has 0 aliphatic carbocycles. The molecule has 2 atom stereocenters. The van der Waals surface area contributed by atoms with Crippen LogP contribution in [0.5, 0.6) is 0 Å². The van der Waals surface area contributed by atoms with Crippen molar-refractivity contribution in [3.05, 3.63) is 64.5 Å². The van der Waals surface area contributed by atoms with Crippen molar-refractivity contribution in [3.8, 4) is 0 Å². The molecule has 0 radical (unpaired) electrons. The number of fused-ring (bicyclic) bond motifs is 1. The molecule has 1 aromatic carbocycles. The number of pyridine rings is 2. The van der Waals surface area contributed by atoms with Crippen LogP contribution in [0.15, 0.2) is 48.9 Å². The molecule has 8 nitrogen and oxygen atoms in total. The zero-order valence-electron chi connectivity index (χ0n) is 20.3. The molecule has 0 amide bonds. The van der Waals surface area contributed by atoms with E-state index >= 15 is 0 Å². The molecule has 3 heterocycles. The Labute approximate surface area is 217 Å². The van der Waals surface area contributed by atoms with Crippen LogP contribution in [-0.4, -0.2) is 58.3 Å². The van der Waals surface area contributed by atoms with Gasteiger partial charge >= 0.3 is 0 Å². The molecule has 1 fully saturated rings. The summed E-state index contributed by atoms with van der Waals surface area (Å²) in [5.74, 6) is 13.0. The van der Waals surface area contributed by atoms with Crippen LogP contribution in [0, 0.1) is 0 Å². The number of piperazine rings is 1. The number of hydrazine groups is 2. The Balaban J connectivity index is 1.71. The molecule has 10 heteroatoms. The normalized spacial score (nSPS) is 17.6. The van der Waals surface area contributed by atoms with Gasteiger partial charge in [0, 0.05) is 56.7 Å². The zero-order chi connectivity index (χ0) is 25.0. The van der Waals surface area contributed by atoms with Gasteiger partial charge in [-0.15, -0.1) is 0 Å². The molecule has 0 spiro atoms. The SMILES string of the molecule is CCCCN(N)C(C)(NN)C(c1ccnc2ccccc12)N1CCN(c2c(Cl)cncc2Cl)CC1. The van der Waals surface area contributed by atoms with Crippen LogP contribution < -0.4 is 22.0 Å². The average Bonchev–Trinajstić information content (AvgIpc) is 2.88. The first-order chi connectivity index (χ1) is 16.9. The highest BCUT2D eigenvalue weighted by Crippen LogP contribution is 2.39. The van der Waals surface area contributed by atoms with Gasteiger partial charge < -0.3 is 4.90 Å². The van der Waals surface area contributed by atoms with Crippen molar-refractivity contribution in [2.45, 2.75) is 38.4 Å². The Morgan fingerprint density at radius 1 is 1.11 bits per heavy atom. The zero-order valence-corrected chi connectivity index (χ0v) is 21.8. The molecule has 5 N–H and O–H groups in total. The highest BCUT2D eigenvalue weighted by atomic mass is 35.5. The lowest BCUT2D eigenvalue weighted by molar-refractivity contribution is -0.0238. The third kappa shape index (κ3) is 5.24. The molecule has 3 aromatic rings. The molecule has 1 aliphatic rings. The van der Waals surface area contributed by atoms with Gasteiger partial charge in [-0.2, -0.15) is 0 Å². The van der Waals surface area contributed by atoms with Crippen molar-refractivity contribution in [1.29, 1.82) is 0 Å². The summed E-state index contributed by atoms with van der Waals surface area (Å²) >= 11 is 12.9. The largest absolute Gasteiger partial charge is 0.366 e. The fraction of sp³-hybridized carbons (Fsp3) is 0.440. The number of para-hydroxylation sites is 1. The van der Waals surface area contributed by atoms with Gasteiger partial charge in [0.25, 0.3) is 0 Å². The van der Waals surface area contributed by atoms with E-state index in [9.17, 15) is 0 Å². The van der Waals surface area contributed by atoms with E-state index in [1.54, 1.807) is 12.4 Å². The summed E-state index contributed by atoms with van der Waals surface area (Å²) < 4.78 is 0. The molecule has 1 aliphatic heterocycles. The third-order valence-corrected chi connectivity index (χ3v) is 7.53. The molecule has 0 bridgehead atoms. The number of benzene rings is 1. The minimum Gasteiger partial charge on any atom is -0.366 e. The lowest BCUT2D eigenvalue weighted by Crippen LogP contribution is -2.69. The molecule has 4 rings (SSSR count). The highest BCUT2D eigenvalue weighted by molar-refractivity contribution is 6.38. The number of nitrogens with one attached hydrogen (secondary N) is 1. The van der Waals surface area contributed by atoms with Crippen molar-refractivity contribution in [3.63, 3.8) is 0 Å². The quantitative estimate of drug-likeness (QED) is 0.223. The minimum absolute atomic E-state index is 0.132. The second-order valence-corrected chi connectivity index (χ2v) is 9.95. The van der Waals surface area contributed by atoms with E-state index in [1.807, 2.05) is 29.4 Å². The lowest BCUT2D eigenvalue weighted by atomic mass is 9.89. The first-order valence-corrected chi connectivity index (χ1v) is 12.8. The first kappa shape index (κ1) is 26.0. The molecule has 0 saturated carbocycles. The number of hydrogen-bond acceptors (Lipinski definition) is 8. The van der Waals surface area contributed by atoms with Crippen LogP contribution in [-0.2, 0) is 0 Å². The van der Waals surface area contributed by atoms with E-state index in [1.165, 1.54) is 0 Å². The smallest absolute Gasteiger partial charge is 0.113 e. The van der Waals surface area contributed by atoms with Crippen LogP contribution in [0.1, 0.15) is 38.3 Å². The highest BCUT2D eigenvalue weighted by Gasteiger charge is 2.44. The summed E-state index contributed by atoms with van der Waals surface area (Å²) in [7, 11) is 0. The molecule has 1 saturated heterocycles. The standard InChI is InChI=1S/C25H34Cl2N8/c1-3-4-11-35(29)25(2,32-28)24(19-9-10-31-22-8-6-5-7-18(19)22)34-14-12-33(13-15-34)23-20(26)16-30-17-21(23)27/h5-10,16-17,24,32H,3-4,11-15,28-29H2,1-2H3. The Kier molecular flexibility index (Phi) is 8.44. The molecule has 2 unspecified atom stereocenters. The molecule has 188 valence electrons. The predicted octanol–water partition coefficient (Wildman–Crippen LogP) is 3.96. The average molecular weight is 518 g/mol. The number of anilines is 1. The van der Waals surface area contributed by atoms with Crippen molar-refractivity contribution in [1.82, 2.24) is 25.3 Å². The van der Waals surface area contributed by atoms with E-state index in [0.29, 0.717) is 10.0 Å². The van der Waals surface area contributed by atoms with E-state index in [4.69, 9.17) is 34.9 Å². The van der Waals surface area contributed by atoms with Gasteiger partial charge in [0.05, 0.1) is 27.3 Å². The molecule has 35 heavy (non-hydrogen) atoms. The number of nitrogens with zero attached hydrogens (tertiary/aromatic N) is 5. The topological polar surface area (TPSA) is 99.6 Å². The van der Waals surface area contributed by atoms with E-state index in [-0.39, 0.29) is 6.04 Å². The first-order valence-electron chi connectivity index (χ1n) is 12.0. The van der Waals surface area contributed by atoms with Gasteiger partial charge in [0.1, 0.15) is 5.66 Å². The number of rotatable bonds is 9. The number of aromatic nitrogens is 2. The summed E-state index contributed by atoms with van der Waals surface area (Å²) in [6, 6.07) is 10.1. The maximum absolute atomic E-state index is 6.69. The van der Waals surface area contributed by atoms with Gasteiger partial charge in [0.2, 0.25) is 0 Å². The fourth-order valence-corrected chi connectivity index (χ4v) is 5.61. The van der Waals surface area contributed by atoms with Crippen LogP contribution in [0.4, 0.5) is 5.69 Å². The third-order valence-electron chi connectivity index (χ3n) is 6.98. The Morgan fingerprint density at radius 3 is 2.46 bits per heavy atom. The van der Waals surface area contributed by atoms with Crippen LogP contribution >= 0.6 is 23.2 Å². The van der Waals surface area contributed by atoms with Crippen LogP contribution in [0.25, 0.3) is 10.9 Å². The lowest BCUT2D eigenvalue weighted by Gasteiger charge is -2.50. The van der Waals surface area contributed by atoms with Gasteiger partial charge in [-0.25, -0.2) is 10.4 Å². The van der Waals surface area contributed by atoms with E-state index in [2.05, 4.69) is 51.2 Å². The number of unbranched alkanes of at least 4 members (excludes halogenated alkanes) is 1. The van der Waals surface area contributed by atoms with Gasteiger partial charge in [-0.3, -0.25) is 26.6 Å². The van der Waals surface area contributed by atoms with Crippen molar-refractivity contribution < 1.29 is 0 Å². The second-order valence-electron chi connectivity index (χ2n) is 9.13. The maximum Gasteiger partial charge on any atom is 0.113 e. The molecular formula is C25H34Cl2N8. The number of halogens is 2. The maximum atomic E-state index is 6.69. The predicted molar refractivity (Wildman–Crippen MR) is 144 cm³/mol. The van der Waals surface area contributed by atoms with Crippen molar-refractivity contribution in [2.75, 3.05) is 37.6 Å². The Hall–Kier alpha value is -2.04. The van der Waals surface area contributed by atoms with Gasteiger partial charge in [-0.05, 0) is 31.0 Å². The van der Waals surface area contributed by atoms with E-state index in [0.717, 1.165) is 67.7 Å². The summed E-state index contributed by atoms with van der Waals surface area (Å²) in [6.45, 7) is 8.00.